The number of pyridine rings is 1. The lowest BCUT2D eigenvalue weighted by Gasteiger charge is -1.98. The van der Waals surface area contributed by atoms with Crippen LogP contribution in [-0.2, 0) is 6.54 Å². The first-order chi connectivity index (χ1) is 10.3. The fourth-order valence-electron chi connectivity index (χ4n) is 1.95. The van der Waals surface area contributed by atoms with Gasteiger partial charge in [-0.2, -0.15) is 5.26 Å². The minimum atomic E-state index is 0.531. The molecular formula is C16H12N4S. The molecule has 102 valence electrons. The Hall–Kier alpha value is -2.58. The Morgan fingerprint density at radius 2 is 2.24 bits per heavy atom. The highest BCUT2D eigenvalue weighted by atomic mass is 32.1. The van der Waals surface area contributed by atoms with E-state index in [9.17, 15) is 0 Å². The Kier molecular flexibility index (Phi) is 3.71. The first-order valence-corrected chi connectivity index (χ1v) is 7.30. The molecule has 0 aliphatic rings. The summed E-state index contributed by atoms with van der Waals surface area (Å²) in [6, 6.07) is 13.4. The van der Waals surface area contributed by atoms with Gasteiger partial charge in [-0.25, -0.2) is 4.98 Å². The molecule has 1 aromatic carbocycles. The monoisotopic (exact) mass is 292 g/mol. The van der Waals surface area contributed by atoms with E-state index in [4.69, 9.17) is 5.26 Å². The van der Waals surface area contributed by atoms with Crippen LogP contribution in [0.15, 0.2) is 47.6 Å². The van der Waals surface area contributed by atoms with Crippen LogP contribution < -0.4 is 0 Å². The van der Waals surface area contributed by atoms with Gasteiger partial charge in [-0.3, -0.25) is 9.98 Å². The Balaban J connectivity index is 1.84. The van der Waals surface area contributed by atoms with Crippen molar-refractivity contribution in [3.05, 3.63) is 58.9 Å². The van der Waals surface area contributed by atoms with Gasteiger partial charge in [0.1, 0.15) is 5.01 Å². The second kappa shape index (κ2) is 5.81. The maximum absolute atomic E-state index is 8.91. The summed E-state index contributed by atoms with van der Waals surface area (Å²) in [6.07, 6.45) is 1.76. The van der Waals surface area contributed by atoms with E-state index in [1.54, 1.807) is 23.6 Å². The van der Waals surface area contributed by atoms with E-state index in [2.05, 4.69) is 21.0 Å². The first-order valence-electron chi connectivity index (χ1n) is 6.48. The highest BCUT2D eigenvalue weighted by Crippen LogP contribution is 2.23. The van der Waals surface area contributed by atoms with Crippen LogP contribution in [0.1, 0.15) is 23.2 Å². The first kappa shape index (κ1) is 13.4. The standard InChI is InChI=1S/C16H12N4S/c1-11(13-4-2-3-7-18-13)19-10-16-20-14-6-5-12(9-17)8-15(14)21-16/h2-8H,10H2,1H3. The highest BCUT2D eigenvalue weighted by Gasteiger charge is 2.05. The predicted molar refractivity (Wildman–Crippen MR) is 84.5 cm³/mol. The number of nitriles is 1. The molecule has 0 aliphatic carbocycles. The zero-order valence-corrected chi connectivity index (χ0v) is 12.3. The normalized spacial score (nSPS) is 11.5. The molecular weight excluding hydrogens is 280 g/mol. The van der Waals surface area contributed by atoms with Gasteiger partial charge in [0.05, 0.1) is 39.8 Å². The van der Waals surface area contributed by atoms with E-state index < -0.39 is 0 Å². The Morgan fingerprint density at radius 3 is 3.00 bits per heavy atom. The molecule has 5 heteroatoms. The molecule has 0 atom stereocenters. The van der Waals surface area contributed by atoms with E-state index in [0.29, 0.717) is 12.1 Å². The van der Waals surface area contributed by atoms with Crippen molar-refractivity contribution in [3.8, 4) is 6.07 Å². The van der Waals surface area contributed by atoms with Crippen molar-refractivity contribution in [2.24, 2.45) is 4.99 Å². The van der Waals surface area contributed by atoms with E-state index in [1.807, 2.05) is 37.3 Å². The summed E-state index contributed by atoms with van der Waals surface area (Å²) in [5.74, 6) is 0. The van der Waals surface area contributed by atoms with Gasteiger partial charge >= 0.3 is 0 Å². The van der Waals surface area contributed by atoms with Crippen LogP contribution in [0.5, 0.6) is 0 Å². The number of benzene rings is 1. The molecule has 4 nitrogen and oxygen atoms in total. The van der Waals surface area contributed by atoms with Gasteiger partial charge in [-0.15, -0.1) is 11.3 Å². The minimum Gasteiger partial charge on any atom is -0.281 e. The Bertz CT molecular complexity index is 844. The van der Waals surface area contributed by atoms with Gasteiger partial charge in [-0.05, 0) is 37.3 Å². The highest BCUT2D eigenvalue weighted by molar-refractivity contribution is 7.18. The number of hydrogen-bond donors (Lipinski definition) is 0. The van der Waals surface area contributed by atoms with Crippen LogP contribution in [0.4, 0.5) is 0 Å². The zero-order valence-electron chi connectivity index (χ0n) is 11.4. The lowest BCUT2D eigenvalue weighted by molar-refractivity contribution is 1.04. The summed E-state index contributed by atoms with van der Waals surface area (Å²) < 4.78 is 1.02. The van der Waals surface area contributed by atoms with E-state index in [-0.39, 0.29) is 0 Å². The van der Waals surface area contributed by atoms with E-state index in [0.717, 1.165) is 26.6 Å². The molecule has 0 amide bonds. The summed E-state index contributed by atoms with van der Waals surface area (Å²) in [5.41, 5.74) is 3.35. The molecule has 2 aromatic heterocycles. The fourth-order valence-corrected chi connectivity index (χ4v) is 2.88. The Labute approximate surface area is 126 Å². The largest absolute Gasteiger partial charge is 0.281 e. The number of nitrogens with zero attached hydrogens (tertiary/aromatic N) is 4. The van der Waals surface area contributed by atoms with E-state index >= 15 is 0 Å². The molecule has 0 N–H and O–H groups in total. The third-order valence-electron chi connectivity index (χ3n) is 3.05. The third kappa shape index (κ3) is 2.96. The van der Waals surface area contributed by atoms with Gasteiger partial charge in [0.15, 0.2) is 0 Å². The second-order valence-corrected chi connectivity index (χ2v) is 5.63. The van der Waals surface area contributed by atoms with Crippen LogP contribution in [0.25, 0.3) is 10.2 Å². The number of fused-ring (bicyclic) bond motifs is 1. The maximum atomic E-state index is 8.91. The van der Waals surface area contributed by atoms with Crippen molar-refractivity contribution in [2.75, 3.05) is 0 Å². The van der Waals surface area contributed by atoms with Crippen molar-refractivity contribution in [1.29, 1.82) is 5.26 Å². The molecule has 0 radical (unpaired) electrons. The van der Waals surface area contributed by atoms with Gasteiger partial charge in [0.2, 0.25) is 0 Å². The summed E-state index contributed by atoms with van der Waals surface area (Å²) in [6.45, 7) is 2.48. The molecule has 3 rings (SSSR count). The van der Waals surface area contributed by atoms with Gasteiger partial charge < -0.3 is 0 Å². The predicted octanol–water partition coefficient (Wildman–Crippen LogP) is 3.57. The van der Waals surface area contributed by atoms with Gasteiger partial charge in [0.25, 0.3) is 0 Å². The molecule has 0 aliphatic heterocycles. The third-order valence-corrected chi connectivity index (χ3v) is 4.05. The summed E-state index contributed by atoms with van der Waals surface area (Å²) in [5, 5.41) is 9.85. The number of rotatable bonds is 3. The lowest BCUT2D eigenvalue weighted by Crippen LogP contribution is -1.98. The van der Waals surface area contributed by atoms with Gasteiger partial charge in [0, 0.05) is 6.20 Å². The number of aromatic nitrogens is 2. The number of hydrogen-bond acceptors (Lipinski definition) is 5. The molecule has 2 heterocycles. The van der Waals surface area contributed by atoms with Crippen LogP contribution in [0.3, 0.4) is 0 Å². The molecule has 0 saturated carbocycles. The smallest absolute Gasteiger partial charge is 0.115 e. The van der Waals surface area contributed by atoms with Crippen LogP contribution >= 0.6 is 11.3 Å². The number of thiazole rings is 1. The second-order valence-electron chi connectivity index (χ2n) is 4.52. The zero-order chi connectivity index (χ0) is 14.7. The van der Waals surface area contributed by atoms with Gasteiger partial charge in [-0.1, -0.05) is 6.07 Å². The van der Waals surface area contributed by atoms with E-state index in [1.165, 1.54) is 0 Å². The molecule has 0 saturated heterocycles. The molecule has 3 aromatic rings. The van der Waals surface area contributed by atoms with Crippen molar-refractivity contribution in [1.82, 2.24) is 9.97 Å². The quantitative estimate of drug-likeness (QED) is 0.693. The summed E-state index contributed by atoms with van der Waals surface area (Å²) >= 11 is 1.57. The van der Waals surface area contributed by atoms with Crippen LogP contribution in [0, 0.1) is 11.3 Å². The van der Waals surface area contributed by atoms with Crippen molar-refractivity contribution in [2.45, 2.75) is 13.5 Å². The van der Waals surface area contributed by atoms with Crippen LogP contribution in [0.2, 0.25) is 0 Å². The summed E-state index contributed by atoms with van der Waals surface area (Å²) in [4.78, 5) is 13.3. The van der Waals surface area contributed by atoms with Crippen molar-refractivity contribution in [3.63, 3.8) is 0 Å². The molecule has 0 bridgehead atoms. The average Bonchev–Trinajstić information content (AvgIpc) is 2.95. The molecule has 0 unspecified atom stereocenters. The number of aliphatic imine (C=N–C) groups is 1. The Morgan fingerprint density at radius 1 is 1.33 bits per heavy atom. The lowest BCUT2D eigenvalue weighted by atomic mass is 10.2. The van der Waals surface area contributed by atoms with Crippen LogP contribution in [-0.4, -0.2) is 15.7 Å². The molecule has 21 heavy (non-hydrogen) atoms. The van der Waals surface area contributed by atoms with Crippen molar-refractivity contribution >= 4 is 27.3 Å². The summed E-state index contributed by atoms with van der Waals surface area (Å²) in [7, 11) is 0. The molecule has 0 spiro atoms. The fraction of sp³-hybridized carbons (Fsp3) is 0.125. The minimum absolute atomic E-state index is 0.531. The molecule has 0 fully saturated rings. The average molecular weight is 292 g/mol. The topological polar surface area (TPSA) is 61.9 Å². The maximum Gasteiger partial charge on any atom is 0.115 e. The SMILES string of the molecule is CC(=NCc1nc2ccc(C#N)cc2s1)c1ccccn1. The van der Waals surface area contributed by atoms with Crippen molar-refractivity contribution < 1.29 is 0 Å².